The van der Waals surface area contributed by atoms with E-state index in [2.05, 4.69) is 5.32 Å². The van der Waals surface area contributed by atoms with Crippen molar-refractivity contribution in [3.8, 4) is 0 Å². The smallest absolute Gasteiger partial charge is 0.278 e. The van der Waals surface area contributed by atoms with Gasteiger partial charge in [-0.2, -0.15) is 0 Å². The van der Waals surface area contributed by atoms with Gasteiger partial charge in [-0.15, -0.1) is 0 Å². The second-order valence-electron chi connectivity index (χ2n) is 6.75. The Morgan fingerprint density at radius 2 is 1.62 bits per heavy atom. The summed E-state index contributed by atoms with van der Waals surface area (Å²) in [7, 11) is 0. The molecule has 0 saturated heterocycles. The summed E-state index contributed by atoms with van der Waals surface area (Å²) in [4.78, 5) is 27.2. The van der Waals surface area contributed by atoms with Crippen molar-refractivity contribution < 1.29 is 9.59 Å². The fraction of sp³-hybridized carbons (Fsp3) is 0.273. The monoisotopic (exact) mass is 348 g/mol. The first kappa shape index (κ1) is 17.9. The van der Waals surface area contributed by atoms with Gasteiger partial charge in [-0.1, -0.05) is 48.9 Å². The summed E-state index contributed by atoms with van der Waals surface area (Å²) >= 11 is 0. The van der Waals surface area contributed by atoms with E-state index in [1.807, 2.05) is 70.2 Å². The quantitative estimate of drug-likeness (QED) is 0.823. The third kappa shape index (κ3) is 3.15. The summed E-state index contributed by atoms with van der Waals surface area (Å²) in [5.74, 6) is -0.484. The van der Waals surface area contributed by atoms with Crippen LogP contribution in [0.15, 0.2) is 48.2 Å². The zero-order valence-corrected chi connectivity index (χ0v) is 15.7. The van der Waals surface area contributed by atoms with Crippen molar-refractivity contribution in [3.63, 3.8) is 0 Å². The van der Waals surface area contributed by atoms with E-state index in [0.717, 1.165) is 34.4 Å². The van der Waals surface area contributed by atoms with E-state index in [-0.39, 0.29) is 11.8 Å². The van der Waals surface area contributed by atoms with Crippen LogP contribution in [0, 0.1) is 20.8 Å². The lowest BCUT2D eigenvalue weighted by atomic mass is 10.0. The lowest BCUT2D eigenvalue weighted by Gasteiger charge is -2.15. The molecule has 4 nitrogen and oxygen atoms in total. The van der Waals surface area contributed by atoms with E-state index in [1.54, 1.807) is 0 Å². The Morgan fingerprint density at radius 1 is 0.923 bits per heavy atom. The number of hydrogen-bond acceptors (Lipinski definition) is 3. The fourth-order valence-corrected chi connectivity index (χ4v) is 3.13. The maximum atomic E-state index is 13.0. The molecule has 0 atom stereocenters. The van der Waals surface area contributed by atoms with E-state index >= 15 is 0 Å². The van der Waals surface area contributed by atoms with Gasteiger partial charge < -0.3 is 5.32 Å². The average molecular weight is 348 g/mol. The van der Waals surface area contributed by atoms with Crippen LogP contribution in [0.1, 0.15) is 35.6 Å². The number of hydrogen-bond donors (Lipinski definition) is 1. The largest absolute Gasteiger partial charge is 0.350 e. The van der Waals surface area contributed by atoms with Crippen molar-refractivity contribution >= 4 is 23.1 Å². The molecule has 1 aliphatic heterocycles. The molecule has 2 aromatic carbocycles. The van der Waals surface area contributed by atoms with Crippen molar-refractivity contribution in [3.05, 3.63) is 70.4 Å². The highest BCUT2D eigenvalue weighted by Crippen LogP contribution is 2.32. The third-order valence-electron chi connectivity index (χ3n) is 4.82. The van der Waals surface area contributed by atoms with Gasteiger partial charge in [0.25, 0.3) is 11.8 Å². The van der Waals surface area contributed by atoms with E-state index in [1.165, 1.54) is 4.90 Å². The topological polar surface area (TPSA) is 49.4 Å². The minimum atomic E-state index is -0.256. The Balaban J connectivity index is 2.10. The first-order valence-electron chi connectivity index (χ1n) is 8.94. The molecule has 134 valence electrons. The molecule has 1 heterocycles. The minimum absolute atomic E-state index is 0.228. The Bertz CT molecular complexity index is 895. The molecule has 4 heteroatoms. The van der Waals surface area contributed by atoms with Crippen molar-refractivity contribution in [2.24, 2.45) is 0 Å². The normalized spacial score (nSPS) is 14.4. The molecule has 0 fully saturated rings. The van der Waals surface area contributed by atoms with E-state index < -0.39 is 0 Å². The Labute approximate surface area is 154 Å². The van der Waals surface area contributed by atoms with Gasteiger partial charge in [-0.05, 0) is 49.9 Å². The number of carbonyl (C=O) groups is 2. The lowest BCUT2D eigenvalue weighted by Crippen LogP contribution is -2.33. The summed E-state index contributed by atoms with van der Waals surface area (Å²) < 4.78 is 0. The number of rotatable bonds is 5. The molecule has 0 aliphatic carbocycles. The van der Waals surface area contributed by atoms with Crippen LogP contribution in [-0.2, 0) is 9.59 Å². The van der Waals surface area contributed by atoms with Gasteiger partial charge in [-0.3, -0.25) is 14.5 Å². The zero-order valence-electron chi connectivity index (χ0n) is 15.7. The molecule has 2 amide bonds. The Kier molecular flexibility index (Phi) is 4.94. The predicted octanol–water partition coefficient (Wildman–Crippen LogP) is 4.21. The second kappa shape index (κ2) is 7.16. The highest BCUT2D eigenvalue weighted by molar-refractivity contribution is 6.36. The highest BCUT2D eigenvalue weighted by Gasteiger charge is 2.38. The second-order valence-corrected chi connectivity index (χ2v) is 6.75. The number of amides is 2. The summed E-state index contributed by atoms with van der Waals surface area (Å²) in [5.41, 5.74) is 5.74. The number of imide groups is 1. The van der Waals surface area contributed by atoms with E-state index in [0.29, 0.717) is 17.8 Å². The summed E-state index contributed by atoms with van der Waals surface area (Å²) in [5, 5.41) is 3.25. The van der Waals surface area contributed by atoms with Crippen molar-refractivity contribution in [1.82, 2.24) is 4.90 Å². The number of aryl methyl sites for hydroxylation is 2. The summed E-state index contributed by atoms with van der Waals surface area (Å²) in [6, 6.07) is 13.6. The number of nitrogens with zero attached hydrogens (tertiary/aromatic N) is 1. The van der Waals surface area contributed by atoms with E-state index in [9.17, 15) is 9.59 Å². The Hall–Kier alpha value is -2.88. The molecular weight excluding hydrogens is 324 g/mol. The lowest BCUT2D eigenvalue weighted by molar-refractivity contribution is -0.136. The predicted molar refractivity (Wildman–Crippen MR) is 105 cm³/mol. The van der Waals surface area contributed by atoms with Crippen LogP contribution in [0.4, 0.5) is 5.69 Å². The molecule has 0 radical (unpaired) electrons. The molecule has 3 rings (SSSR count). The van der Waals surface area contributed by atoms with Gasteiger partial charge in [-0.25, -0.2) is 0 Å². The number of nitrogens with one attached hydrogen (secondary N) is 1. The van der Waals surface area contributed by atoms with Crippen LogP contribution in [-0.4, -0.2) is 23.3 Å². The van der Waals surface area contributed by atoms with E-state index in [4.69, 9.17) is 0 Å². The van der Waals surface area contributed by atoms with Crippen LogP contribution in [0.5, 0.6) is 0 Å². The van der Waals surface area contributed by atoms with Gasteiger partial charge in [0.15, 0.2) is 0 Å². The number of anilines is 1. The molecule has 26 heavy (non-hydrogen) atoms. The van der Waals surface area contributed by atoms with Crippen molar-refractivity contribution in [2.75, 3.05) is 11.9 Å². The summed E-state index contributed by atoms with van der Waals surface area (Å²) in [6.07, 6.45) is 0.732. The fourth-order valence-electron chi connectivity index (χ4n) is 3.13. The van der Waals surface area contributed by atoms with Gasteiger partial charge in [0.2, 0.25) is 0 Å². The number of benzene rings is 2. The SMILES string of the molecule is CCCN1C(=O)C(Nc2cccc(C)c2C)=C(c2ccc(C)cc2)C1=O. The standard InChI is InChI=1S/C22H24N2O2/c1-5-13-24-21(25)19(17-11-9-14(2)10-12-17)20(22(24)26)23-18-8-6-7-15(3)16(18)4/h6-12,23H,5,13H2,1-4H3. The molecule has 1 N–H and O–H groups in total. The Morgan fingerprint density at radius 3 is 2.27 bits per heavy atom. The van der Waals surface area contributed by atoms with Crippen LogP contribution in [0.3, 0.4) is 0 Å². The average Bonchev–Trinajstić information content (AvgIpc) is 2.85. The maximum absolute atomic E-state index is 13.0. The van der Waals surface area contributed by atoms with Crippen LogP contribution < -0.4 is 5.32 Å². The first-order valence-corrected chi connectivity index (χ1v) is 8.94. The van der Waals surface area contributed by atoms with Crippen LogP contribution in [0.25, 0.3) is 5.57 Å². The number of carbonyl (C=O) groups excluding carboxylic acids is 2. The third-order valence-corrected chi connectivity index (χ3v) is 4.82. The van der Waals surface area contributed by atoms with Gasteiger partial charge in [0.05, 0.1) is 5.57 Å². The zero-order chi connectivity index (χ0) is 18.8. The van der Waals surface area contributed by atoms with Crippen LogP contribution in [0.2, 0.25) is 0 Å². The first-order chi connectivity index (χ1) is 12.4. The highest BCUT2D eigenvalue weighted by atomic mass is 16.2. The molecule has 2 aromatic rings. The van der Waals surface area contributed by atoms with Crippen LogP contribution >= 0.6 is 0 Å². The summed E-state index contributed by atoms with van der Waals surface area (Å²) in [6.45, 7) is 8.42. The molecule has 0 saturated carbocycles. The van der Waals surface area contributed by atoms with Crippen molar-refractivity contribution in [1.29, 1.82) is 0 Å². The minimum Gasteiger partial charge on any atom is -0.350 e. The maximum Gasteiger partial charge on any atom is 0.278 e. The molecule has 1 aliphatic rings. The van der Waals surface area contributed by atoms with Gasteiger partial charge >= 0.3 is 0 Å². The molecule has 0 spiro atoms. The molecule has 0 unspecified atom stereocenters. The molecule has 0 aromatic heterocycles. The van der Waals surface area contributed by atoms with Crippen molar-refractivity contribution in [2.45, 2.75) is 34.1 Å². The van der Waals surface area contributed by atoms with Gasteiger partial charge in [0, 0.05) is 12.2 Å². The van der Waals surface area contributed by atoms with Gasteiger partial charge in [0.1, 0.15) is 5.70 Å². The molecular formula is C22H24N2O2. The molecule has 0 bridgehead atoms.